The van der Waals surface area contributed by atoms with E-state index in [0.29, 0.717) is 17.5 Å². The van der Waals surface area contributed by atoms with Gasteiger partial charge in [0.15, 0.2) is 17.5 Å². The molecule has 3 aromatic heterocycles. The molecule has 0 unspecified atom stereocenters. The Morgan fingerprint density at radius 2 is 0.863 bits per heavy atom. The standard InChI is InChI=1S/C46H31N5/c1-30-25-26-36-34-21-11-14-24-40(34)51(41(36)27-30)43-28-37-35-22-12-13-23-39(35)50(33-19-9-4-10-20-33)42(37)29-38(43)46-48-44(31-15-5-2-6-16-31)47-45(49-46)32-17-7-3-8-18-32/h2-29H,1H3. The van der Waals surface area contributed by atoms with Crippen LogP contribution in [0.15, 0.2) is 170 Å². The SMILES string of the molecule is Cc1ccc2c3ccccc3n(-c3cc4c5ccccc5n(-c5ccccc5)c4cc3-c3nc(-c4ccccc4)nc(-c4ccccc4)n3)c2c1. The molecule has 0 saturated carbocycles. The van der Waals surface area contributed by atoms with Crippen molar-refractivity contribution >= 4 is 43.6 Å². The fraction of sp³-hybridized carbons (Fsp3) is 0.0217. The van der Waals surface area contributed by atoms with Gasteiger partial charge in [0, 0.05) is 43.9 Å². The van der Waals surface area contributed by atoms with Crippen molar-refractivity contribution in [2.24, 2.45) is 0 Å². The highest BCUT2D eigenvalue weighted by atomic mass is 15.1. The van der Waals surface area contributed by atoms with E-state index in [1.807, 2.05) is 36.4 Å². The summed E-state index contributed by atoms with van der Waals surface area (Å²) in [6, 6.07) is 59.6. The van der Waals surface area contributed by atoms with Gasteiger partial charge in [-0.25, -0.2) is 15.0 Å². The minimum Gasteiger partial charge on any atom is -0.309 e. The molecular formula is C46H31N5. The molecule has 0 aliphatic carbocycles. The highest BCUT2D eigenvalue weighted by Gasteiger charge is 2.23. The summed E-state index contributed by atoms with van der Waals surface area (Å²) in [4.78, 5) is 15.6. The van der Waals surface area contributed by atoms with Crippen molar-refractivity contribution in [2.45, 2.75) is 6.92 Å². The molecule has 5 heteroatoms. The van der Waals surface area contributed by atoms with E-state index in [2.05, 4.69) is 150 Å². The summed E-state index contributed by atoms with van der Waals surface area (Å²) in [7, 11) is 0. The lowest BCUT2D eigenvalue weighted by molar-refractivity contribution is 1.06. The molecule has 0 radical (unpaired) electrons. The van der Waals surface area contributed by atoms with E-state index in [1.165, 1.54) is 21.7 Å². The molecule has 7 aromatic carbocycles. The summed E-state index contributed by atoms with van der Waals surface area (Å²) in [5.41, 5.74) is 10.6. The Bertz CT molecular complexity index is 2850. The van der Waals surface area contributed by atoms with Gasteiger partial charge in [0.05, 0.1) is 27.8 Å². The second-order valence-corrected chi connectivity index (χ2v) is 13.0. The van der Waals surface area contributed by atoms with E-state index in [0.717, 1.165) is 55.5 Å². The van der Waals surface area contributed by atoms with E-state index < -0.39 is 0 Å². The molecule has 0 bridgehead atoms. The van der Waals surface area contributed by atoms with E-state index in [9.17, 15) is 0 Å². The molecule has 0 N–H and O–H groups in total. The predicted octanol–water partition coefficient (Wildman–Crippen LogP) is 11.4. The Labute approximate surface area is 294 Å². The van der Waals surface area contributed by atoms with Gasteiger partial charge >= 0.3 is 0 Å². The monoisotopic (exact) mass is 653 g/mol. The zero-order valence-corrected chi connectivity index (χ0v) is 27.9. The van der Waals surface area contributed by atoms with Crippen LogP contribution in [0.1, 0.15) is 5.56 Å². The van der Waals surface area contributed by atoms with Crippen molar-refractivity contribution in [2.75, 3.05) is 0 Å². The van der Waals surface area contributed by atoms with Crippen molar-refractivity contribution in [3.8, 4) is 45.5 Å². The minimum atomic E-state index is 0.614. The van der Waals surface area contributed by atoms with Gasteiger partial charge in [0.2, 0.25) is 0 Å². The fourth-order valence-corrected chi connectivity index (χ4v) is 7.49. The summed E-state index contributed by atoms with van der Waals surface area (Å²) in [6.45, 7) is 2.16. The van der Waals surface area contributed by atoms with Crippen LogP contribution in [-0.2, 0) is 0 Å². The quantitative estimate of drug-likeness (QED) is 0.186. The zero-order chi connectivity index (χ0) is 33.9. The van der Waals surface area contributed by atoms with Gasteiger partial charge in [-0.05, 0) is 55.0 Å². The van der Waals surface area contributed by atoms with Gasteiger partial charge < -0.3 is 9.13 Å². The van der Waals surface area contributed by atoms with Gasteiger partial charge in [0.1, 0.15) is 0 Å². The summed E-state index contributed by atoms with van der Waals surface area (Å²) < 4.78 is 4.75. The molecule has 0 aliphatic rings. The van der Waals surface area contributed by atoms with Crippen LogP contribution in [0, 0.1) is 6.92 Å². The average molecular weight is 654 g/mol. The first kappa shape index (κ1) is 29.1. The zero-order valence-electron chi connectivity index (χ0n) is 27.9. The van der Waals surface area contributed by atoms with E-state index in [1.54, 1.807) is 0 Å². The van der Waals surface area contributed by atoms with Crippen LogP contribution in [-0.4, -0.2) is 24.1 Å². The van der Waals surface area contributed by atoms with Crippen LogP contribution >= 0.6 is 0 Å². The Morgan fingerprint density at radius 3 is 1.51 bits per heavy atom. The molecule has 51 heavy (non-hydrogen) atoms. The normalized spacial score (nSPS) is 11.6. The second kappa shape index (κ2) is 11.6. The maximum atomic E-state index is 5.27. The van der Waals surface area contributed by atoms with Crippen molar-refractivity contribution in [3.05, 3.63) is 175 Å². The molecule has 3 heterocycles. The Kier molecular flexibility index (Phi) is 6.64. The van der Waals surface area contributed by atoms with E-state index in [-0.39, 0.29) is 0 Å². The highest BCUT2D eigenvalue weighted by Crippen LogP contribution is 2.41. The summed E-state index contributed by atoms with van der Waals surface area (Å²) >= 11 is 0. The number of aryl methyl sites for hydroxylation is 1. The van der Waals surface area contributed by atoms with Gasteiger partial charge in [-0.15, -0.1) is 0 Å². The topological polar surface area (TPSA) is 48.5 Å². The van der Waals surface area contributed by atoms with Crippen LogP contribution < -0.4 is 0 Å². The van der Waals surface area contributed by atoms with Crippen LogP contribution in [0.4, 0.5) is 0 Å². The van der Waals surface area contributed by atoms with Gasteiger partial charge in [-0.1, -0.05) is 127 Å². The Balaban J connectivity index is 1.38. The molecule has 0 aliphatic heterocycles. The maximum Gasteiger partial charge on any atom is 0.166 e. The van der Waals surface area contributed by atoms with E-state index in [4.69, 9.17) is 15.0 Å². The first-order valence-corrected chi connectivity index (χ1v) is 17.2. The average Bonchev–Trinajstić information content (AvgIpc) is 3.70. The second-order valence-electron chi connectivity index (χ2n) is 13.0. The number of rotatable bonds is 5. The van der Waals surface area contributed by atoms with Gasteiger partial charge in [-0.2, -0.15) is 0 Å². The molecule has 0 fully saturated rings. The Hall–Kier alpha value is -6.85. The number of benzene rings is 7. The minimum absolute atomic E-state index is 0.614. The van der Waals surface area contributed by atoms with Gasteiger partial charge in [0.25, 0.3) is 0 Å². The number of fused-ring (bicyclic) bond motifs is 6. The largest absolute Gasteiger partial charge is 0.309 e. The van der Waals surface area contributed by atoms with Crippen LogP contribution in [0.3, 0.4) is 0 Å². The number of hydrogen-bond donors (Lipinski definition) is 0. The molecular weight excluding hydrogens is 623 g/mol. The molecule has 10 rings (SSSR count). The third-order valence-electron chi connectivity index (χ3n) is 9.81. The van der Waals surface area contributed by atoms with Crippen LogP contribution in [0.25, 0.3) is 89.2 Å². The molecule has 0 amide bonds. The number of aromatic nitrogens is 5. The fourth-order valence-electron chi connectivity index (χ4n) is 7.49. The number of hydrogen-bond acceptors (Lipinski definition) is 3. The van der Waals surface area contributed by atoms with E-state index >= 15 is 0 Å². The molecule has 10 aromatic rings. The Morgan fingerprint density at radius 1 is 0.373 bits per heavy atom. The summed E-state index contributed by atoms with van der Waals surface area (Å²) in [5, 5.41) is 4.76. The predicted molar refractivity (Wildman–Crippen MR) is 210 cm³/mol. The highest BCUT2D eigenvalue weighted by molar-refractivity contribution is 6.14. The maximum absolute atomic E-state index is 5.27. The van der Waals surface area contributed by atoms with Crippen molar-refractivity contribution < 1.29 is 0 Å². The van der Waals surface area contributed by atoms with Crippen molar-refractivity contribution in [1.82, 2.24) is 24.1 Å². The van der Waals surface area contributed by atoms with Crippen LogP contribution in [0.5, 0.6) is 0 Å². The van der Waals surface area contributed by atoms with Gasteiger partial charge in [-0.3, -0.25) is 0 Å². The first-order valence-electron chi connectivity index (χ1n) is 17.2. The lowest BCUT2D eigenvalue weighted by Crippen LogP contribution is -2.04. The molecule has 0 saturated heterocycles. The first-order chi connectivity index (χ1) is 25.2. The number of nitrogens with zero attached hydrogens (tertiary/aromatic N) is 5. The summed E-state index contributed by atoms with van der Waals surface area (Å²) in [6.07, 6.45) is 0. The molecule has 0 spiro atoms. The molecule has 240 valence electrons. The third kappa shape index (κ3) is 4.74. The summed E-state index contributed by atoms with van der Waals surface area (Å²) in [5.74, 6) is 1.88. The lowest BCUT2D eigenvalue weighted by Gasteiger charge is -2.16. The molecule has 0 atom stereocenters. The van der Waals surface area contributed by atoms with Crippen LogP contribution in [0.2, 0.25) is 0 Å². The smallest absolute Gasteiger partial charge is 0.166 e. The molecule has 5 nitrogen and oxygen atoms in total. The van der Waals surface area contributed by atoms with Crippen molar-refractivity contribution in [3.63, 3.8) is 0 Å². The lowest BCUT2D eigenvalue weighted by atomic mass is 10.1. The van der Waals surface area contributed by atoms with Crippen molar-refractivity contribution in [1.29, 1.82) is 0 Å². The number of para-hydroxylation sites is 3. The third-order valence-corrected chi connectivity index (χ3v) is 9.81.